The number of amides is 1. The molecule has 0 saturated carbocycles. The van der Waals surface area contributed by atoms with Gasteiger partial charge in [-0.1, -0.05) is 22.9 Å². The molecule has 1 atom stereocenters. The molecule has 5 heteroatoms. The molecule has 1 N–H and O–H groups in total. The van der Waals surface area contributed by atoms with Gasteiger partial charge in [-0.3, -0.25) is 9.59 Å². The van der Waals surface area contributed by atoms with Crippen LogP contribution in [-0.4, -0.2) is 29.9 Å². The lowest BCUT2D eigenvalue weighted by atomic mass is 10.1. The first-order valence-corrected chi connectivity index (χ1v) is 6.10. The Bertz CT molecular complexity index is 487. The average molecular weight is 298 g/mol. The van der Waals surface area contributed by atoms with Crippen molar-refractivity contribution in [3.05, 3.63) is 28.2 Å². The number of anilines is 1. The number of aliphatic hydroxyl groups excluding tert-OH is 1. The zero-order valence-electron chi connectivity index (χ0n) is 9.31. The van der Waals surface area contributed by atoms with E-state index in [0.717, 1.165) is 4.47 Å². The van der Waals surface area contributed by atoms with Gasteiger partial charge >= 0.3 is 0 Å². The normalized spacial score (nSPS) is 16.3. The number of ketones is 1. The van der Waals surface area contributed by atoms with Crippen LogP contribution in [0.1, 0.15) is 17.3 Å². The minimum absolute atomic E-state index is 0.0126. The van der Waals surface area contributed by atoms with Gasteiger partial charge in [-0.2, -0.15) is 0 Å². The molecule has 0 bridgehead atoms. The molecule has 2 rings (SSSR count). The summed E-state index contributed by atoms with van der Waals surface area (Å²) in [5, 5.41) is 9.02. The number of hydrogen-bond acceptors (Lipinski definition) is 3. The molecular weight excluding hydrogens is 286 g/mol. The summed E-state index contributed by atoms with van der Waals surface area (Å²) in [6.45, 7) is 2.17. The van der Waals surface area contributed by atoms with Crippen LogP contribution in [0.3, 0.4) is 0 Å². The molecule has 1 aliphatic rings. The monoisotopic (exact) mass is 297 g/mol. The molecule has 0 radical (unpaired) electrons. The summed E-state index contributed by atoms with van der Waals surface area (Å²) < 4.78 is 0.820. The highest BCUT2D eigenvalue weighted by Gasteiger charge is 2.36. The molecule has 1 aromatic carbocycles. The van der Waals surface area contributed by atoms with E-state index in [0.29, 0.717) is 17.8 Å². The second-order valence-electron chi connectivity index (χ2n) is 4.19. The lowest BCUT2D eigenvalue weighted by Crippen LogP contribution is -2.34. The zero-order chi connectivity index (χ0) is 12.6. The Hall–Kier alpha value is -1.20. The fourth-order valence-electron chi connectivity index (χ4n) is 1.82. The van der Waals surface area contributed by atoms with E-state index in [2.05, 4.69) is 15.9 Å². The number of hydrogen-bond donors (Lipinski definition) is 1. The lowest BCUT2D eigenvalue weighted by Gasteiger charge is -2.19. The fraction of sp³-hybridized carbons (Fsp3) is 0.333. The predicted octanol–water partition coefficient (Wildman–Crippen LogP) is 1.61. The minimum atomic E-state index is -0.515. The number of Topliss-reactive ketones (excluding diaryl/α,β-unsaturated/α-hetero) is 1. The highest BCUT2D eigenvalue weighted by Crippen LogP contribution is 2.32. The van der Waals surface area contributed by atoms with E-state index < -0.39 is 11.7 Å². The average Bonchev–Trinajstić information content (AvgIpc) is 2.54. The van der Waals surface area contributed by atoms with E-state index in [-0.39, 0.29) is 12.5 Å². The van der Waals surface area contributed by atoms with Crippen LogP contribution in [0, 0.1) is 5.92 Å². The van der Waals surface area contributed by atoms with Crippen LogP contribution in [0.4, 0.5) is 5.69 Å². The molecule has 1 aromatic rings. The van der Waals surface area contributed by atoms with Crippen molar-refractivity contribution in [1.29, 1.82) is 0 Å². The maximum Gasteiger partial charge on any atom is 0.299 e. The molecule has 0 fully saturated rings. The SMILES string of the molecule is CC(CO)CN1C(=O)C(=O)c2ccc(Br)cc21. The molecule has 17 heavy (non-hydrogen) atoms. The van der Waals surface area contributed by atoms with Gasteiger partial charge in [0.05, 0.1) is 11.3 Å². The third kappa shape index (κ3) is 2.12. The Balaban J connectivity index is 2.39. The minimum Gasteiger partial charge on any atom is -0.396 e. The van der Waals surface area contributed by atoms with E-state index in [1.165, 1.54) is 4.90 Å². The summed E-state index contributed by atoms with van der Waals surface area (Å²) in [7, 11) is 0. The van der Waals surface area contributed by atoms with Crippen molar-refractivity contribution in [2.24, 2.45) is 5.92 Å². The quantitative estimate of drug-likeness (QED) is 0.863. The van der Waals surface area contributed by atoms with E-state index in [4.69, 9.17) is 5.11 Å². The standard InChI is InChI=1S/C12H12BrNO3/c1-7(6-15)5-14-10-4-8(13)2-3-9(10)11(16)12(14)17/h2-4,7,15H,5-6H2,1H3. The number of carbonyl (C=O) groups is 2. The summed E-state index contributed by atoms with van der Waals surface area (Å²) in [5.41, 5.74) is 1.05. The molecule has 1 aliphatic heterocycles. The second kappa shape index (κ2) is 4.58. The maximum absolute atomic E-state index is 11.8. The van der Waals surface area contributed by atoms with Crippen molar-refractivity contribution in [3.63, 3.8) is 0 Å². The second-order valence-corrected chi connectivity index (χ2v) is 5.11. The highest BCUT2D eigenvalue weighted by atomic mass is 79.9. The predicted molar refractivity (Wildman–Crippen MR) is 67.1 cm³/mol. The molecule has 90 valence electrons. The molecule has 1 unspecified atom stereocenters. The van der Waals surface area contributed by atoms with Gasteiger partial charge in [0.1, 0.15) is 0 Å². The van der Waals surface area contributed by atoms with Gasteiger partial charge in [0.2, 0.25) is 0 Å². The number of fused-ring (bicyclic) bond motifs is 1. The van der Waals surface area contributed by atoms with Gasteiger partial charge in [-0.15, -0.1) is 0 Å². The van der Waals surface area contributed by atoms with Crippen molar-refractivity contribution in [2.75, 3.05) is 18.1 Å². The molecule has 0 aromatic heterocycles. The van der Waals surface area contributed by atoms with Crippen molar-refractivity contribution in [3.8, 4) is 0 Å². The Morgan fingerprint density at radius 2 is 2.12 bits per heavy atom. The van der Waals surface area contributed by atoms with Crippen LogP contribution >= 0.6 is 15.9 Å². The van der Waals surface area contributed by atoms with Crippen molar-refractivity contribution < 1.29 is 14.7 Å². The lowest BCUT2D eigenvalue weighted by molar-refractivity contribution is -0.114. The summed E-state index contributed by atoms with van der Waals surface area (Å²) >= 11 is 3.32. The van der Waals surface area contributed by atoms with Crippen molar-refractivity contribution in [1.82, 2.24) is 0 Å². The first-order chi connectivity index (χ1) is 8.04. The summed E-state index contributed by atoms with van der Waals surface area (Å²) in [6, 6.07) is 5.13. The molecule has 0 spiro atoms. The van der Waals surface area contributed by atoms with Gasteiger partial charge in [0, 0.05) is 17.6 Å². The van der Waals surface area contributed by atoms with Gasteiger partial charge in [0.25, 0.3) is 11.7 Å². The third-order valence-electron chi connectivity index (χ3n) is 2.74. The number of aliphatic hydroxyl groups is 1. The van der Waals surface area contributed by atoms with Crippen LogP contribution < -0.4 is 4.90 Å². The maximum atomic E-state index is 11.8. The third-order valence-corrected chi connectivity index (χ3v) is 3.23. The molecule has 4 nitrogen and oxygen atoms in total. The van der Waals surface area contributed by atoms with Crippen LogP contribution in [0.2, 0.25) is 0 Å². The van der Waals surface area contributed by atoms with Crippen LogP contribution in [0.25, 0.3) is 0 Å². The van der Waals surface area contributed by atoms with E-state index in [1.54, 1.807) is 18.2 Å². The summed E-state index contributed by atoms with van der Waals surface area (Å²) in [5.74, 6) is -1.05. The number of nitrogens with zero attached hydrogens (tertiary/aromatic N) is 1. The van der Waals surface area contributed by atoms with Crippen molar-refractivity contribution >= 4 is 33.3 Å². The van der Waals surface area contributed by atoms with E-state index >= 15 is 0 Å². The molecule has 0 saturated heterocycles. The fourth-order valence-corrected chi connectivity index (χ4v) is 2.17. The highest BCUT2D eigenvalue weighted by molar-refractivity contribution is 9.10. The molecule has 0 aliphatic carbocycles. The first-order valence-electron chi connectivity index (χ1n) is 5.31. The molecular formula is C12H12BrNO3. The van der Waals surface area contributed by atoms with Crippen LogP contribution in [0.15, 0.2) is 22.7 Å². The van der Waals surface area contributed by atoms with Gasteiger partial charge < -0.3 is 10.0 Å². The topological polar surface area (TPSA) is 57.6 Å². The number of rotatable bonds is 3. The summed E-state index contributed by atoms with van der Waals surface area (Å²) in [4.78, 5) is 25.0. The van der Waals surface area contributed by atoms with Crippen LogP contribution in [0.5, 0.6) is 0 Å². The Labute approximate surface area is 107 Å². The van der Waals surface area contributed by atoms with Crippen molar-refractivity contribution in [2.45, 2.75) is 6.92 Å². The largest absolute Gasteiger partial charge is 0.396 e. The van der Waals surface area contributed by atoms with Gasteiger partial charge in [-0.25, -0.2) is 0 Å². The van der Waals surface area contributed by atoms with Gasteiger partial charge in [0.15, 0.2) is 0 Å². The van der Waals surface area contributed by atoms with Crippen LogP contribution in [-0.2, 0) is 4.79 Å². The number of benzene rings is 1. The van der Waals surface area contributed by atoms with E-state index in [9.17, 15) is 9.59 Å². The van der Waals surface area contributed by atoms with Gasteiger partial charge in [-0.05, 0) is 24.1 Å². The molecule has 1 heterocycles. The number of halogens is 1. The Kier molecular flexibility index (Phi) is 3.31. The Morgan fingerprint density at radius 1 is 1.41 bits per heavy atom. The smallest absolute Gasteiger partial charge is 0.299 e. The zero-order valence-corrected chi connectivity index (χ0v) is 10.9. The Morgan fingerprint density at radius 3 is 2.76 bits per heavy atom. The number of carbonyl (C=O) groups excluding carboxylic acids is 2. The first kappa shape index (κ1) is 12.3. The molecule has 1 amide bonds. The summed E-state index contributed by atoms with van der Waals surface area (Å²) in [6.07, 6.45) is 0. The van der Waals surface area contributed by atoms with E-state index in [1.807, 2.05) is 6.92 Å².